The van der Waals surface area contributed by atoms with Gasteiger partial charge in [0.15, 0.2) is 0 Å². The number of rotatable bonds is 6. The molecule has 0 saturated carbocycles. The Morgan fingerprint density at radius 2 is 1.92 bits per heavy atom. The highest BCUT2D eigenvalue weighted by Gasteiger charge is 2.13. The third-order valence-corrected chi connectivity index (χ3v) is 3.70. The third-order valence-electron chi connectivity index (χ3n) is 3.70. The Bertz CT molecular complexity index is 707. The molecule has 1 unspecified atom stereocenters. The highest BCUT2D eigenvalue weighted by atomic mass is 19.1. The van der Waals surface area contributed by atoms with E-state index in [1.165, 1.54) is 30.3 Å². The summed E-state index contributed by atoms with van der Waals surface area (Å²) in [5, 5.41) is 15.0. The Morgan fingerprint density at radius 1 is 1.17 bits per heavy atom. The first-order valence-electron chi connectivity index (χ1n) is 7.66. The van der Waals surface area contributed by atoms with Crippen LogP contribution in [0.15, 0.2) is 42.5 Å². The van der Waals surface area contributed by atoms with Crippen molar-refractivity contribution in [3.8, 4) is 0 Å². The molecule has 0 aromatic heterocycles. The molecule has 0 bridgehead atoms. The fraction of sp³-hybridized carbons (Fsp3) is 0.278. The molecule has 2 aromatic carbocycles. The van der Waals surface area contributed by atoms with Crippen LogP contribution in [0.5, 0.6) is 0 Å². The van der Waals surface area contributed by atoms with Gasteiger partial charge in [0.1, 0.15) is 11.6 Å². The number of carbonyl (C=O) groups is 1. The van der Waals surface area contributed by atoms with Crippen molar-refractivity contribution in [2.45, 2.75) is 19.4 Å². The quantitative estimate of drug-likeness (QED) is 0.761. The van der Waals surface area contributed by atoms with Gasteiger partial charge in [-0.3, -0.25) is 0 Å². The number of hydrogen-bond donors (Lipinski definition) is 3. The van der Waals surface area contributed by atoms with Gasteiger partial charge >= 0.3 is 6.03 Å². The number of nitrogens with one attached hydrogen (secondary N) is 2. The van der Waals surface area contributed by atoms with Gasteiger partial charge in [0.2, 0.25) is 0 Å². The van der Waals surface area contributed by atoms with Crippen LogP contribution in [-0.4, -0.2) is 24.2 Å². The van der Waals surface area contributed by atoms with Crippen LogP contribution in [-0.2, 0) is 6.42 Å². The minimum atomic E-state index is -1.11. The first kappa shape index (κ1) is 17.9. The van der Waals surface area contributed by atoms with E-state index in [9.17, 15) is 18.7 Å². The van der Waals surface area contributed by atoms with Gasteiger partial charge in [0.25, 0.3) is 0 Å². The van der Waals surface area contributed by atoms with E-state index in [0.717, 1.165) is 11.1 Å². The van der Waals surface area contributed by atoms with Crippen LogP contribution in [0.2, 0.25) is 0 Å². The second-order valence-electron chi connectivity index (χ2n) is 5.49. The molecule has 4 nitrogen and oxygen atoms in total. The second-order valence-corrected chi connectivity index (χ2v) is 5.49. The lowest BCUT2D eigenvalue weighted by atomic mass is 10.1. The van der Waals surface area contributed by atoms with Gasteiger partial charge < -0.3 is 15.7 Å². The molecule has 0 radical (unpaired) electrons. The van der Waals surface area contributed by atoms with Crippen LogP contribution in [0, 0.1) is 18.6 Å². The largest absolute Gasteiger partial charge is 0.386 e. The van der Waals surface area contributed by atoms with Gasteiger partial charge in [-0.15, -0.1) is 0 Å². The molecule has 128 valence electrons. The summed E-state index contributed by atoms with van der Waals surface area (Å²) in [6, 6.07) is 9.93. The van der Waals surface area contributed by atoms with Crippen molar-refractivity contribution >= 4 is 6.03 Å². The fourth-order valence-corrected chi connectivity index (χ4v) is 2.36. The van der Waals surface area contributed by atoms with Crippen molar-refractivity contribution in [2.75, 3.05) is 13.1 Å². The first-order valence-corrected chi connectivity index (χ1v) is 7.66. The minimum Gasteiger partial charge on any atom is -0.386 e. The Balaban J connectivity index is 1.74. The van der Waals surface area contributed by atoms with Crippen LogP contribution in [0.25, 0.3) is 0 Å². The zero-order valence-corrected chi connectivity index (χ0v) is 13.4. The van der Waals surface area contributed by atoms with Crippen LogP contribution in [0.1, 0.15) is 22.8 Å². The maximum absolute atomic E-state index is 13.5. The number of halogens is 2. The maximum Gasteiger partial charge on any atom is 0.314 e. The second kappa shape index (κ2) is 8.40. The number of aryl methyl sites for hydroxylation is 1. The van der Waals surface area contributed by atoms with Crippen LogP contribution in [0.3, 0.4) is 0 Å². The smallest absolute Gasteiger partial charge is 0.314 e. The number of benzene rings is 2. The summed E-state index contributed by atoms with van der Waals surface area (Å²) in [6.07, 6.45) is -0.550. The van der Waals surface area contributed by atoms with Crippen molar-refractivity contribution in [1.82, 2.24) is 10.6 Å². The van der Waals surface area contributed by atoms with E-state index in [1.54, 1.807) is 12.1 Å². The zero-order valence-electron chi connectivity index (χ0n) is 13.4. The van der Waals surface area contributed by atoms with E-state index in [0.29, 0.717) is 13.0 Å². The molecule has 2 amide bonds. The summed E-state index contributed by atoms with van der Waals surface area (Å²) in [5.74, 6) is -0.803. The molecule has 6 heteroatoms. The molecule has 0 saturated heterocycles. The normalized spacial score (nSPS) is 11.8. The van der Waals surface area contributed by atoms with Crippen molar-refractivity contribution < 1.29 is 18.7 Å². The average molecular weight is 334 g/mol. The Kier molecular flexibility index (Phi) is 6.26. The standard InChI is InChI=1S/C18H20F2N2O2/c1-12-10-14(19)7-6-13(12)8-9-21-18(24)22-11-17(23)15-4-2-3-5-16(15)20/h2-7,10,17,23H,8-9,11H2,1H3,(H2,21,22,24). The Hall–Kier alpha value is -2.47. The predicted octanol–water partition coefficient (Wildman–Crippen LogP) is 2.85. The molecule has 0 heterocycles. The van der Waals surface area contributed by atoms with E-state index < -0.39 is 18.0 Å². The van der Waals surface area contributed by atoms with Crippen LogP contribution in [0.4, 0.5) is 13.6 Å². The van der Waals surface area contributed by atoms with Gasteiger partial charge in [-0.2, -0.15) is 0 Å². The molecule has 2 aromatic rings. The van der Waals surface area contributed by atoms with E-state index in [1.807, 2.05) is 6.92 Å². The molecule has 0 aliphatic carbocycles. The molecule has 3 N–H and O–H groups in total. The molecule has 1 atom stereocenters. The predicted molar refractivity (Wildman–Crippen MR) is 87.6 cm³/mol. The lowest BCUT2D eigenvalue weighted by molar-refractivity contribution is 0.169. The van der Waals surface area contributed by atoms with E-state index in [2.05, 4.69) is 10.6 Å². The topological polar surface area (TPSA) is 61.4 Å². The van der Waals surface area contributed by atoms with Gasteiger partial charge in [-0.1, -0.05) is 24.3 Å². The van der Waals surface area contributed by atoms with Gasteiger partial charge in [0, 0.05) is 18.7 Å². The number of carbonyl (C=O) groups excluding carboxylic acids is 1. The monoisotopic (exact) mass is 334 g/mol. The lowest BCUT2D eigenvalue weighted by Crippen LogP contribution is -2.38. The number of urea groups is 1. The summed E-state index contributed by atoms with van der Waals surface area (Å²) >= 11 is 0. The maximum atomic E-state index is 13.5. The first-order chi connectivity index (χ1) is 11.5. The molecular formula is C18H20F2N2O2. The Labute approximate surface area is 139 Å². The number of aliphatic hydroxyl groups is 1. The number of hydrogen-bond acceptors (Lipinski definition) is 2. The third kappa shape index (κ3) is 5.03. The van der Waals surface area contributed by atoms with E-state index >= 15 is 0 Å². The van der Waals surface area contributed by atoms with Crippen LogP contribution < -0.4 is 10.6 Å². The molecule has 24 heavy (non-hydrogen) atoms. The molecular weight excluding hydrogens is 314 g/mol. The summed E-state index contributed by atoms with van der Waals surface area (Å²) in [7, 11) is 0. The highest BCUT2D eigenvalue weighted by molar-refractivity contribution is 5.73. The molecule has 0 fully saturated rings. The number of amides is 2. The number of aliphatic hydroxyl groups excluding tert-OH is 1. The van der Waals surface area contributed by atoms with E-state index in [4.69, 9.17) is 0 Å². The molecule has 0 aliphatic heterocycles. The van der Waals surface area contributed by atoms with Crippen molar-refractivity contribution in [3.05, 3.63) is 70.8 Å². The molecule has 0 spiro atoms. The van der Waals surface area contributed by atoms with Gasteiger partial charge in [-0.25, -0.2) is 13.6 Å². The summed E-state index contributed by atoms with van der Waals surface area (Å²) < 4.78 is 26.5. The van der Waals surface area contributed by atoms with Crippen molar-refractivity contribution in [1.29, 1.82) is 0 Å². The van der Waals surface area contributed by atoms with Gasteiger partial charge in [-0.05, 0) is 42.7 Å². The van der Waals surface area contributed by atoms with E-state index in [-0.39, 0.29) is 17.9 Å². The summed E-state index contributed by atoms with van der Waals surface area (Å²) in [4.78, 5) is 11.7. The zero-order chi connectivity index (χ0) is 17.5. The summed E-state index contributed by atoms with van der Waals surface area (Å²) in [5.41, 5.74) is 1.91. The minimum absolute atomic E-state index is 0.0949. The van der Waals surface area contributed by atoms with Crippen molar-refractivity contribution in [2.24, 2.45) is 0 Å². The van der Waals surface area contributed by atoms with Crippen molar-refractivity contribution in [3.63, 3.8) is 0 Å². The molecule has 2 rings (SSSR count). The SMILES string of the molecule is Cc1cc(F)ccc1CCNC(=O)NCC(O)c1ccccc1F. The fourth-order valence-electron chi connectivity index (χ4n) is 2.36. The molecule has 0 aliphatic rings. The van der Waals surface area contributed by atoms with Gasteiger partial charge in [0.05, 0.1) is 6.10 Å². The highest BCUT2D eigenvalue weighted by Crippen LogP contribution is 2.15. The average Bonchev–Trinajstić information content (AvgIpc) is 2.55. The lowest BCUT2D eigenvalue weighted by Gasteiger charge is -2.14. The summed E-state index contributed by atoms with van der Waals surface area (Å²) in [6.45, 7) is 2.08. The Morgan fingerprint density at radius 3 is 2.62 bits per heavy atom. The van der Waals surface area contributed by atoms with Crippen LogP contribution >= 0.6 is 0 Å².